The Kier molecular flexibility index (Phi) is 5.65. The first-order valence-electron chi connectivity index (χ1n) is 8.62. The van der Waals surface area contributed by atoms with Crippen molar-refractivity contribution in [3.8, 4) is 5.75 Å². The van der Waals surface area contributed by atoms with E-state index >= 15 is 0 Å². The summed E-state index contributed by atoms with van der Waals surface area (Å²) in [6.45, 7) is 3.48. The van der Waals surface area contributed by atoms with Gasteiger partial charge in [-0.2, -0.15) is 0 Å². The van der Waals surface area contributed by atoms with E-state index in [1.54, 1.807) is 47.6 Å². The molecule has 0 bridgehead atoms. The number of aliphatic hydroxyl groups excluding tert-OH is 1. The third-order valence-corrected chi connectivity index (χ3v) is 3.78. The first-order chi connectivity index (χ1) is 13.3. The van der Waals surface area contributed by atoms with Gasteiger partial charge in [0.25, 0.3) is 5.79 Å². The summed E-state index contributed by atoms with van der Waals surface area (Å²) < 4.78 is 17.3. The maximum Gasteiger partial charge on any atom is 0.350 e. The van der Waals surface area contributed by atoms with Crippen LogP contribution in [0.2, 0.25) is 0 Å². The van der Waals surface area contributed by atoms with Crippen molar-refractivity contribution in [1.82, 2.24) is 9.55 Å². The zero-order chi connectivity index (χ0) is 20.1. The molecular weight excluding hydrogens is 366 g/mol. The van der Waals surface area contributed by atoms with Gasteiger partial charge in [0.1, 0.15) is 18.5 Å². The van der Waals surface area contributed by atoms with Crippen molar-refractivity contribution in [1.29, 1.82) is 0 Å². The van der Waals surface area contributed by atoms with Crippen molar-refractivity contribution in [2.24, 2.45) is 0 Å². The number of hydrogen-bond acceptors (Lipinski definition) is 8. The predicted octanol–water partition coefficient (Wildman–Crippen LogP) is 1.45. The highest BCUT2D eigenvalue weighted by Crippen LogP contribution is 2.23. The molecule has 0 saturated carbocycles. The molecule has 2 N–H and O–H groups in total. The standard InChI is InChI=1S/C19H21N3O6/c1-19(2)27-17(24)16(18(25)28-19)9-21-13-3-5-15(6-4-13)26-11-14(23)10-22-8-7-20-12-22/h3-9,12,14,21,23H,10-11H2,1-2H3. The van der Waals surface area contributed by atoms with Crippen LogP contribution in [0.5, 0.6) is 5.75 Å². The fourth-order valence-corrected chi connectivity index (χ4v) is 2.46. The highest BCUT2D eigenvalue weighted by atomic mass is 16.7. The number of nitrogens with zero attached hydrogens (tertiary/aromatic N) is 2. The van der Waals surface area contributed by atoms with Gasteiger partial charge in [0.15, 0.2) is 5.57 Å². The summed E-state index contributed by atoms with van der Waals surface area (Å²) in [4.78, 5) is 27.7. The van der Waals surface area contributed by atoms with Crippen LogP contribution in [0.15, 0.2) is 54.8 Å². The Morgan fingerprint density at radius 1 is 1.25 bits per heavy atom. The Morgan fingerprint density at radius 3 is 2.54 bits per heavy atom. The Balaban J connectivity index is 1.51. The van der Waals surface area contributed by atoms with Crippen LogP contribution in [0, 0.1) is 0 Å². The lowest BCUT2D eigenvalue weighted by Crippen LogP contribution is -2.42. The molecule has 2 aromatic rings. The summed E-state index contributed by atoms with van der Waals surface area (Å²) in [5, 5.41) is 12.8. The van der Waals surface area contributed by atoms with Crippen molar-refractivity contribution >= 4 is 17.6 Å². The van der Waals surface area contributed by atoms with E-state index in [2.05, 4.69) is 10.3 Å². The molecule has 9 heteroatoms. The van der Waals surface area contributed by atoms with Crippen LogP contribution in [-0.2, 0) is 25.6 Å². The Hall–Kier alpha value is -3.33. The van der Waals surface area contributed by atoms with Crippen molar-refractivity contribution in [3.63, 3.8) is 0 Å². The quantitative estimate of drug-likeness (QED) is 0.417. The molecule has 1 aromatic heterocycles. The SMILES string of the molecule is CC1(C)OC(=O)C(=CNc2ccc(OCC(O)Cn3ccnc3)cc2)C(=O)O1. The number of aliphatic hydroxyl groups is 1. The fraction of sp³-hybridized carbons (Fsp3) is 0.316. The highest BCUT2D eigenvalue weighted by molar-refractivity contribution is 6.15. The molecule has 1 unspecified atom stereocenters. The van der Waals surface area contributed by atoms with Gasteiger partial charge in [-0.1, -0.05) is 0 Å². The molecule has 1 saturated heterocycles. The highest BCUT2D eigenvalue weighted by Gasteiger charge is 2.38. The van der Waals surface area contributed by atoms with Crippen LogP contribution < -0.4 is 10.1 Å². The van der Waals surface area contributed by atoms with E-state index in [1.807, 2.05) is 0 Å². The van der Waals surface area contributed by atoms with Crippen LogP contribution in [0.4, 0.5) is 5.69 Å². The van der Waals surface area contributed by atoms with Crippen LogP contribution in [0.25, 0.3) is 0 Å². The summed E-state index contributed by atoms with van der Waals surface area (Å²) in [5.74, 6) is -2.20. The molecule has 0 amide bonds. The van der Waals surface area contributed by atoms with Gasteiger partial charge in [-0.25, -0.2) is 14.6 Å². The molecule has 28 heavy (non-hydrogen) atoms. The number of carbonyl (C=O) groups excluding carboxylic acids is 2. The molecule has 1 aliphatic heterocycles. The Morgan fingerprint density at radius 2 is 1.93 bits per heavy atom. The number of cyclic esters (lactones) is 2. The molecule has 0 aliphatic carbocycles. The van der Waals surface area contributed by atoms with E-state index in [0.29, 0.717) is 18.0 Å². The number of ether oxygens (including phenoxy) is 3. The Bertz CT molecular complexity index is 836. The van der Waals surface area contributed by atoms with Gasteiger partial charge in [0.05, 0.1) is 12.9 Å². The molecule has 3 rings (SSSR count). The van der Waals surface area contributed by atoms with E-state index in [1.165, 1.54) is 20.0 Å². The third kappa shape index (κ3) is 5.10. The van der Waals surface area contributed by atoms with Gasteiger partial charge in [-0.05, 0) is 24.3 Å². The van der Waals surface area contributed by atoms with Crippen LogP contribution in [0.1, 0.15) is 13.8 Å². The average molecular weight is 387 g/mol. The average Bonchev–Trinajstić information content (AvgIpc) is 3.12. The second kappa shape index (κ2) is 8.13. The molecule has 1 fully saturated rings. The van der Waals surface area contributed by atoms with Crippen molar-refractivity contribution < 1.29 is 28.9 Å². The molecule has 0 radical (unpaired) electrons. The van der Waals surface area contributed by atoms with Crippen molar-refractivity contribution in [2.75, 3.05) is 11.9 Å². The molecule has 1 aromatic carbocycles. The van der Waals surface area contributed by atoms with E-state index in [9.17, 15) is 14.7 Å². The van der Waals surface area contributed by atoms with Crippen LogP contribution in [0.3, 0.4) is 0 Å². The number of hydrogen-bond donors (Lipinski definition) is 2. The van der Waals surface area contributed by atoms with Crippen molar-refractivity contribution in [3.05, 3.63) is 54.8 Å². The fourth-order valence-electron chi connectivity index (χ4n) is 2.46. The van der Waals surface area contributed by atoms with Crippen molar-refractivity contribution in [2.45, 2.75) is 32.3 Å². The minimum atomic E-state index is -1.27. The summed E-state index contributed by atoms with van der Waals surface area (Å²) in [6, 6.07) is 6.81. The van der Waals surface area contributed by atoms with E-state index < -0.39 is 23.8 Å². The number of anilines is 1. The molecule has 1 aliphatic rings. The Labute approximate surface area is 161 Å². The maximum absolute atomic E-state index is 11.9. The van der Waals surface area contributed by atoms with Gasteiger partial charge in [-0.3, -0.25) is 0 Å². The zero-order valence-electron chi connectivity index (χ0n) is 15.5. The number of nitrogens with one attached hydrogen (secondary N) is 1. The summed E-state index contributed by atoms with van der Waals surface area (Å²) in [7, 11) is 0. The second-order valence-electron chi connectivity index (χ2n) is 6.63. The van der Waals surface area contributed by atoms with E-state index in [-0.39, 0.29) is 12.2 Å². The second-order valence-corrected chi connectivity index (χ2v) is 6.63. The largest absolute Gasteiger partial charge is 0.491 e. The third-order valence-electron chi connectivity index (χ3n) is 3.78. The van der Waals surface area contributed by atoms with E-state index in [4.69, 9.17) is 14.2 Å². The normalized spacial score (nSPS) is 16.8. The summed E-state index contributed by atoms with van der Waals surface area (Å²) in [6.07, 6.45) is 5.59. The van der Waals surface area contributed by atoms with Gasteiger partial charge in [0.2, 0.25) is 0 Å². The number of aromatic nitrogens is 2. The molecule has 1 atom stereocenters. The maximum atomic E-state index is 11.9. The minimum absolute atomic E-state index is 0.127. The first kappa shape index (κ1) is 19.4. The number of rotatable bonds is 7. The summed E-state index contributed by atoms with van der Waals surface area (Å²) >= 11 is 0. The molecule has 0 spiro atoms. The number of carbonyl (C=O) groups is 2. The van der Waals surface area contributed by atoms with Gasteiger partial charge in [0, 0.05) is 38.1 Å². The molecular formula is C19H21N3O6. The smallest absolute Gasteiger partial charge is 0.350 e. The zero-order valence-corrected chi connectivity index (χ0v) is 15.5. The minimum Gasteiger partial charge on any atom is -0.491 e. The van der Waals surface area contributed by atoms with Crippen LogP contribution >= 0.6 is 0 Å². The predicted molar refractivity (Wildman–Crippen MR) is 98.1 cm³/mol. The van der Waals surface area contributed by atoms with Gasteiger partial charge < -0.3 is 29.2 Å². The van der Waals surface area contributed by atoms with Gasteiger partial charge in [-0.15, -0.1) is 0 Å². The van der Waals surface area contributed by atoms with Gasteiger partial charge >= 0.3 is 11.9 Å². The number of imidazole rings is 1. The van der Waals surface area contributed by atoms with Crippen LogP contribution in [-0.4, -0.2) is 45.1 Å². The topological polar surface area (TPSA) is 112 Å². The lowest BCUT2D eigenvalue weighted by molar-refractivity contribution is -0.222. The number of benzene rings is 1. The first-order valence-corrected chi connectivity index (χ1v) is 8.62. The number of esters is 2. The lowest BCUT2D eigenvalue weighted by Gasteiger charge is -2.29. The molecule has 2 heterocycles. The molecule has 148 valence electrons. The van der Waals surface area contributed by atoms with E-state index in [0.717, 1.165) is 0 Å². The lowest BCUT2D eigenvalue weighted by atomic mass is 10.2. The molecule has 9 nitrogen and oxygen atoms in total. The monoisotopic (exact) mass is 387 g/mol. The summed E-state index contributed by atoms with van der Waals surface area (Å²) in [5.41, 5.74) is 0.409.